The zero-order valence-corrected chi connectivity index (χ0v) is 10.9. The molecule has 0 aliphatic carbocycles. The van der Waals surface area contributed by atoms with Gasteiger partial charge in [0.15, 0.2) is 0 Å². The molecule has 1 aromatic carbocycles. The van der Waals surface area contributed by atoms with Crippen molar-refractivity contribution >= 4 is 28.9 Å². The molecular weight excluding hydrogens is 264 g/mol. The quantitative estimate of drug-likeness (QED) is 0.252. The number of hydrogen-bond acceptors (Lipinski definition) is 4. The number of benzene rings is 1. The minimum Gasteiger partial charge on any atom is -0.398 e. The molecule has 0 aromatic heterocycles. The van der Waals surface area contributed by atoms with Gasteiger partial charge in [0.1, 0.15) is 11.6 Å². The highest BCUT2D eigenvalue weighted by Gasteiger charge is 2.09. The summed E-state index contributed by atoms with van der Waals surface area (Å²) in [4.78, 5) is 11.8. The van der Waals surface area contributed by atoms with Crippen molar-refractivity contribution in [1.29, 1.82) is 5.26 Å². The van der Waals surface area contributed by atoms with Crippen LogP contribution in [0.2, 0.25) is 5.02 Å². The molecule has 0 spiro atoms. The SMILES string of the molecule is C=CCN/C=C(/C#N)C(=O)Nc1ccc(N)c(Cl)c1. The summed E-state index contributed by atoms with van der Waals surface area (Å²) in [6, 6.07) is 6.49. The van der Waals surface area contributed by atoms with E-state index in [0.29, 0.717) is 22.9 Å². The molecule has 1 rings (SSSR count). The number of nitrogens with zero attached hydrogens (tertiary/aromatic N) is 1. The molecule has 0 unspecified atom stereocenters. The monoisotopic (exact) mass is 276 g/mol. The fourth-order valence-corrected chi connectivity index (χ4v) is 1.38. The van der Waals surface area contributed by atoms with Gasteiger partial charge in [-0.25, -0.2) is 0 Å². The Morgan fingerprint density at radius 3 is 2.89 bits per heavy atom. The molecule has 0 fully saturated rings. The molecule has 0 radical (unpaired) electrons. The van der Waals surface area contributed by atoms with E-state index in [1.807, 2.05) is 0 Å². The van der Waals surface area contributed by atoms with Gasteiger partial charge >= 0.3 is 0 Å². The lowest BCUT2D eigenvalue weighted by Crippen LogP contribution is -2.16. The van der Waals surface area contributed by atoms with Gasteiger partial charge in [-0.15, -0.1) is 6.58 Å². The lowest BCUT2D eigenvalue weighted by atomic mass is 10.2. The Kier molecular flexibility index (Phi) is 5.45. The van der Waals surface area contributed by atoms with E-state index in [0.717, 1.165) is 0 Å². The van der Waals surface area contributed by atoms with Crippen LogP contribution < -0.4 is 16.4 Å². The van der Waals surface area contributed by atoms with Crippen molar-refractivity contribution in [2.24, 2.45) is 0 Å². The molecule has 98 valence electrons. The van der Waals surface area contributed by atoms with Crippen molar-refractivity contribution < 1.29 is 4.79 Å². The van der Waals surface area contributed by atoms with Gasteiger partial charge in [-0.3, -0.25) is 4.79 Å². The summed E-state index contributed by atoms with van der Waals surface area (Å²) in [6.07, 6.45) is 2.94. The summed E-state index contributed by atoms with van der Waals surface area (Å²) < 4.78 is 0. The van der Waals surface area contributed by atoms with Crippen LogP contribution >= 0.6 is 11.6 Å². The van der Waals surface area contributed by atoms with Crippen molar-refractivity contribution in [3.8, 4) is 6.07 Å². The first kappa shape index (κ1) is 14.6. The minimum absolute atomic E-state index is 0.0465. The topological polar surface area (TPSA) is 90.9 Å². The summed E-state index contributed by atoms with van der Waals surface area (Å²) in [5.41, 5.74) is 6.40. The number of hydrogen-bond donors (Lipinski definition) is 3. The molecule has 0 aliphatic heterocycles. The van der Waals surface area contributed by atoms with E-state index in [1.54, 1.807) is 24.3 Å². The highest BCUT2D eigenvalue weighted by atomic mass is 35.5. The third-order valence-corrected chi connectivity index (χ3v) is 2.46. The molecule has 1 aromatic rings. The normalized spacial score (nSPS) is 10.4. The molecule has 0 saturated carbocycles. The lowest BCUT2D eigenvalue weighted by molar-refractivity contribution is -0.112. The molecule has 0 aliphatic rings. The first-order valence-electron chi connectivity index (χ1n) is 5.39. The lowest BCUT2D eigenvalue weighted by Gasteiger charge is -2.06. The van der Waals surface area contributed by atoms with Gasteiger partial charge in [-0.2, -0.15) is 5.26 Å². The summed E-state index contributed by atoms with van der Waals surface area (Å²) in [5.74, 6) is -0.528. The highest BCUT2D eigenvalue weighted by Crippen LogP contribution is 2.22. The van der Waals surface area contributed by atoms with E-state index in [1.165, 1.54) is 12.3 Å². The Bertz CT molecular complexity index is 560. The van der Waals surface area contributed by atoms with Gasteiger partial charge in [0, 0.05) is 18.4 Å². The zero-order valence-electron chi connectivity index (χ0n) is 10.1. The number of anilines is 2. The van der Waals surface area contributed by atoms with Gasteiger partial charge in [-0.1, -0.05) is 17.7 Å². The summed E-state index contributed by atoms with van der Waals surface area (Å²) >= 11 is 5.83. The molecule has 0 saturated heterocycles. The Morgan fingerprint density at radius 2 is 2.32 bits per heavy atom. The van der Waals surface area contributed by atoms with Crippen LogP contribution in [0.1, 0.15) is 0 Å². The smallest absolute Gasteiger partial charge is 0.267 e. The van der Waals surface area contributed by atoms with E-state index >= 15 is 0 Å². The Labute approximate surface area is 116 Å². The van der Waals surface area contributed by atoms with Crippen molar-refractivity contribution in [3.05, 3.63) is 47.6 Å². The molecule has 0 atom stereocenters. The Hall–Kier alpha value is -2.45. The molecule has 1 amide bonds. The highest BCUT2D eigenvalue weighted by molar-refractivity contribution is 6.33. The molecule has 4 N–H and O–H groups in total. The third kappa shape index (κ3) is 4.37. The average molecular weight is 277 g/mol. The second-order valence-corrected chi connectivity index (χ2v) is 3.96. The van der Waals surface area contributed by atoms with Gasteiger partial charge in [0.2, 0.25) is 0 Å². The van der Waals surface area contributed by atoms with Crippen LogP contribution in [0.4, 0.5) is 11.4 Å². The van der Waals surface area contributed by atoms with E-state index in [9.17, 15) is 4.79 Å². The van der Waals surface area contributed by atoms with Crippen LogP contribution in [0.3, 0.4) is 0 Å². The average Bonchev–Trinajstić information content (AvgIpc) is 2.39. The second kappa shape index (κ2) is 7.09. The van der Waals surface area contributed by atoms with E-state index in [4.69, 9.17) is 22.6 Å². The number of rotatable bonds is 5. The van der Waals surface area contributed by atoms with Crippen LogP contribution in [0.25, 0.3) is 0 Å². The van der Waals surface area contributed by atoms with Crippen LogP contribution in [0.15, 0.2) is 42.6 Å². The fourth-order valence-electron chi connectivity index (χ4n) is 1.20. The van der Waals surface area contributed by atoms with Crippen LogP contribution in [0, 0.1) is 11.3 Å². The van der Waals surface area contributed by atoms with Crippen LogP contribution in [0.5, 0.6) is 0 Å². The number of nitrogens with two attached hydrogens (primary N) is 1. The maximum atomic E-state index is 11.8. The molecule has 6 heteroatoms. The maximum Gasteiger partial charge on any atom is 0.267 e. The number of carbonyl (C=O) groups excluding carboxylic acids is 1. The summed E-state index contributed by atoms with van der Waals surface area (Å²) in [5, 5.41) is 14.5. The van der Waals surface area contributed by atoms with Crippen LogP contribution in [-0.4, -0.2) is 12.5 Å². The first-order chi connectivity index (χ1) is 9.08. The molecule has 19 heavy (non-hydrogen) atoms. The fraction of sp³-hybridized carbons (Fsp3) is 0.0769. The summed E-state index contributed by atoms with van der Waals surface area (Å²) in [6.45, 7) is 3.98. The van der Waals surface area contributed by atoms with Crippen molar-refractivity contribution in [1.82, 2.24) is 5.32 Å². The second-order valence-electron chi connectivity index (χ2n) is 3.56. The van der Waals surface area contributed by atoms with Crippen molar-refractivity contribution in [3.63, 3.8) is 0 Å². The molecule has 5 nitrogen and oxygen atoms in total. The maximum absolute atomic E-state index is 11.8. The number of nitriles is 1. The predicted octanol–water partition coefficient (Wildman–Crippen LogP) is 2.04. The number of nitrogens with one attached hydrogen (secondary N) is 2. The Morgan fingerprint density at radius 1 is 1.58 bits per heavy atom. The van der Waals surface area contributed by atoms with Crippen molar-refractivity contribution in [2.75, 3.05) is 17.6 Å². The first-order valence-corrected chi connectivity index (χ1v) is 5.77. The third-order valence-electron chi connectivity index (χ3n) is 2.13. The van der Waals surface area contributed by atoms with E-state index in [-0.39, 0.29) is 5.57 Å². The molecular formula is C13H13ClN4O. The number of nitrogen functional groups attached to an aromatic ring is 1. The standard InChI is InChI=1S/C13H13ClN4O/c1-2-5-17-8-9(7-15)13(19)18-10-3-4-12(16)11(14)6-10/h2-4,6,8,17H,1,5,16H2,(H,18,19)/b9-8-. The largest absolute Gasteiger partial charge is 0.398 e. The van der Waals surface area contributed by atoms with Crippen LogP contribution in [-0.2, 0) is 4.79 Å². The number of halogens is 1. The summed E-state index contributed by atoms with van der Waals surface area (Å²) in [7, 11) is 0. The Balaban J connectivity index is 2.77. The van der Waals surface area contributed by atoms with E-state index in [2.05, 4.69) is 17.2 Å². The molecule has 0 heterocycles. The molecule has 0 bridgehead atoms. The number of amides is 1. The van der Waals surface area contributed by atoms with Gasteiger partial charge in [-0.05, 0) is 18.2 Å². The predicted molar refractivity (Wildman–Crippen MR) is 76.4 cm³/mol. The van der Waals surface area contributed by atoms with Gasteiger partial charge < -0.3 is 16.4 Å². The van der Waals surface area contributed by atoms with Crippen molar-refractivity contribution in [2.45, 2.75) is 0 Å². The minimum atomic E-state index is -0.528. The van der Waals surface area contributed by atoms with E-state index < -0.39 is 5.91 Å². The van der Waals surface area contributed by atoms with Gasteiger partial charge in [0.05, 0.1) is 10.7 Å². The zero-order chi connectivity index (χ0) is 14.3. The van der Waals surface area contributed by atoms with Gasteiger partial charge in [0.25, 0.3) is 5.91 Å². The number of carbonyl (C=O) groups is 1.